The summed E-state index contributed by atoms with van der Waals surface area (Å²) in [7, 11) is 1.56. The van der Waals surface area contributed by atoms with E-state index in [4.69, 9.17) is 14.2 Å². The number of hydrogen-bond acceptors (Lipinski definition) is 5. The number of methoxy groups -OCH3 is 1. The molecule has 0 fully saturated rings. The molecule has 30 heavy (non-hydrogen) atoms. The van der Waals surface area contributed by atoms with Crippen LogP contribution in [-0.4, -0.2) is 18.9 Å². The fourth-order valence-corrected chi connectivity index (χ4v) is 3.59. The van der Waals surface area contributed by atoms with Gasteiger partial charge in [-0.2, -0.15) is 0 Å². The number of Topliss-reactive ketones (excluding diaryl/α,β-unsaturated/α-hetero) is 1. The Balaban J connectivity index is 1.58. The molecule has 0 saturated carbocycles. The molecule has 0 spiro atoms. The molecule has 0 amide bonds. The van der Waals surface area contributed by atoms with Crippen LogP contribution < -0.4 is 14.2 Å². The van der Waals surface area contributed by atoms with Crippen molar-refractivity contribution in [3.63, 3.8) is 0 Å². The number of carbonyl (C=O) groups excluding carboxylic acids is 2. The third-order valence-electron chi connectivity index (χ3n) is 4.41. The van der Waals surface area contributed by atoms with E-state index in [2.05, 4.69) is 31.9 Å². The molecule has 3 aromatic rings. The van der Waals surface area contributed by atoms with E-state index < -0.39 is 5.97 Å². The van der Waals surface area contributed by atoms with Gasteiger partial charge in [0.2, 0.25) is 5.78 Å². The van der Waals surface area contributed by atoms with Crippen LogP contribution >= 0.6 is 31.9 Å². The Labute approximate surface area is 189 Å². The number of carbonyl (C=O) groups is 2. The summed E-state index contributed by atoms with van der Waals surface area (Å²) < 4.78 is 18.2. The van der Waals surface area contributed by atoms with Crippen LogP contribution in [0.4, 0.5) is 0 Å². The Morgan fingerprint density at radius 1 is 0.967 bits per heavy atom. The topological polar surface area (TPSA) is 61.8 Å². The van der Waals surface area contributed by atoms with Crippen LogP contribution in [0, 0.1) is 0 Å². The van der Waals surface area contributed by atoms with Crippen molar-refractivity contribution >= 4 is 49.7 Å². The zero-order valence-electron chi connectivity index (χ0n) is 15.6. The maximum Gasteiger partial charge on any atom is 0.343 e. The number of ketones is 1. The molecular weight excluding hydrogens is 516 g/mol. The minimum atomic E-state index is -0.499. The number of hydrogen-bond donors (Lipinski definition) is 0. The molecule has 1 aliphatic heterocycles. The van der Waals surface area contributed by atoms with Crippen LogP contribution in [0.5, 0.6) is 17.2 Å². The number of benzene rings is 3. The van der Waals surface area contributed by atoms with Crippen molar-refractivity contribution in [1.29, 1.82) is 0 Å². The van der Waals surface area contributed by atoms with Crippen LogP contribution in [0.1, 0.15) is 26.3 Å². The zero-order valence-corrected chi connectivity index (χ0v) is 18.8. The van der Waals surface area contributed by atoms with Crippen LogP contribution in [0.15, 0.2) is 75.4 Å². The number of esters is 1. The van der Waals surface area contributed by atoms with Crippen molar-refractivity contribution < 1.29 is 23.8 Å². The number of ether oxygens (including phenoxy) is 3. The van der Waals surface area contributed by atoms with E-state index in [9.17, 15) is 9.59 Å². The quantitative estimate of drug-likeness (QED) is 0.234. The van der Waals surface area contributed by atoms with Crippen LogP contribution in [0.25, 0.3) is 6.08 Å². The predicted octanol–water partition coefficient (Wildman–Crippen LogP) is 6.06. The summed E-state index contributed by atoms with van der Waals surface area (Å²) in [5, 5.41) is 0. The van der Waals surface area contributed by atoms with Crippen molar-refractivity contribution in [2.24, 2.45) is 0 Å². The Morgan fingerprint density at radius 2 is 1.70 bits per heavy atom. The molecule has 0 saturated heterocycles. The molecule has 5 nitrogen and oxygen atoms in total. The minimum absolute atomic E-state index is 0.165. The Hall–Kier alpha value is -2.90. The lowest BCUT2D eigenvalue weighted by Crippen LogP contribution is -2.08. The van der Waals surface area contributed by atoms with Crippen LogP contribution in [-0.2, 0) is 0 Å². The molecule has 4 rings (SSSR count). The van der Waals surface area contributed by atoms with Crippen molar-refractivity contribution in [2.45, 2.75) is 0 Å². The fraction of sp³-hybridized carbons (Fsp3) is 0.0435. The standard InChI is InChI=1S/C23H14Br2O5/c1-28-19-9-6-16(25)10-14(19)11-21-22(26)18-8-7-17(12-20(18)30-21)29-23(27)13-2-4-15(24)5-3-13/h2-12H,1H3. The molecule has 1 aliphatic rings. The molecule has 0 aliphatic carbocycles. The fourth-order valence-electron chi connectivity index (χ4n) is 2.94. The van der Waals surface area contributed by atoms with Crippen molar-refractivity contribution in [3.05, 3.63) is 92.1 Å². The second kappa shape index (κ2) is 8.45. The van der Waals surface area contributed by atoms with Crippen molar-refractivity contribution in [1.82, 2.24) is 0 Å². The van der Waals surface area contributed by atoms with E-state index in [0.717, 1.165) is 8.95 Å². The number of rotatable bonds is 4. The molecular formula is C23H14Br2O5. The summed E-state index contributed by atoms with van der Waals surface area (Å²) >= 11 is 6.74. The van der Waals surface area contributed by atoms with E-state index in [0.29, 0.717) is 28.2 Å². The van der Waals surface area contributed by atoms with Gasteiger partial charge in [0.25, 0.3) is 0 Å². The SMILES string of the molecule is COc1ccc(Br)cc1C=C1Oc2cc(OC(=O)c3ccc(Br)cc3)ccc2C1=O. The average molecular weight is 530 g/mol. The molecule has 0 N–H and O–H groups in total. The van der Waals surface area contributed by atoms with Gasteiger partial charge >= 0.3 is 5.97 Å². The van der Waals surface area contributed by atoms with Crippen LogP contribution in [0.2, 0.25) is 0 Å². The van der Waals surface area contributed by atoms with E-state index >= 15 is 0 Å². The van der Waals surface area contributed by atoms with Crippen molar-refractivity contribution in [2.75, 3.05) is 7.11 Å². The Bertz CT molecular complexity index is 1180. The lowest BCUT2D eigenvalue weighted by molar-refractivity contribution is 0.0734. The summed E-state index contributed by atoms with van der Waals surface area (Å²) in [6.45, 7) is 0. The summed E-state index contributed by atoms with van der Waals surface area (Å²) in [5.41, 5.74) is 1.52. The second-order valence-electron chi connectivity index (χ2n) is 6.38. The summed E-state index contributed by atoms with van der Waals surface area (Å²) in [6, 6.07) is 17.0. The van der Waals surface area contributed by atoms with Gasteiger partial charge in [-0.15, -0.1) is 0 Å². The van der Waals surface area contributed by atoms with E-state index in [-0.39, 0.29) is 17.3 Å². The molecule has 150 valence electrons. The predicted molar refractivity (Wildman–Crippen MR) is 119 cm³/mol. The summed E-state index contributed by atoms with van der Waals surface area (Å²) in [4.78, 5) is 25.0. The van der Waals surface area contributed by atoms with E-state index in [1.165, 1.54) is 6.07 Å². The lowest BCUT2D eigenvalue weighted by atomic mass is 10.1. The van der Waals surface area contributed by atoms with Gasteiger partial charge in [-0.1, -0.05) is 31.9 Å². The maximum atomic E-state index is 12.7. The molecule has 7 heteroatoms. The zero-order chi connectivity index (χ0) is 21.3. The van der Waals surface area contributed by atoms with E-state index in [1.807, 2.05) is 12.1 Å². The van der Waals surface area contributed by atoms with Gasteiger partial charge in [0, 0.05) is 20.6 Å². The normalized spacial score (nSPS) is 13.7. The molecule has 1 heterocycles. The third-order valence-corrected chi connectivity index (χ3v) is 5.43. The molecule has 0 bridgehead atoms. The van der Waals surface area contributed by atoms with Gasteiger partial charge in [-0.05, 0) is 60.7 Å². The van der Waals surface area contributed by atoms with Gasteiger partial charge in [-0.25, -0.2) is 4.79 Å². The van der Waals surface area contributed by atoms with Gasteiger partial charge in [0.1, 0.15) is 17.2 Å². The first-order chi connectivity index (χ1) is 14.4. The van der Waals surface area contributed by atoms with E-state index in [1.54, 1.807) is 55.7 Å². The minimum Gasteiger partial charge on any atom is -0.496 e. The lowest BCUT2D eigenvalue weighted by Gasteiger charge is -2.06. The van der Waals surface area contributed by atoms with Gasteiger partial charge < -0.3 is 14.2 Å². The van der Waals surface area contributed by atoms with Crippen LogP contribution in [0.3, 0.4) is 0 Å². The Morgan fingerprint density at radius 3 is 2.43 bits per heavy atom. The average Bonchev–Trinajstić information content (AvgIpc) is 3.03. The highest BCUT2D eigenvalue weighted by molar-refractivity contribution is 9.10. The number of halogens is 2. The molecule has 0 unspecified atom stereocenters. The first kappa shape index (κ1) is 20.4. The second-order valence-corrected chi connectivity index (χ2v) is 8.21. The number of allylic oxidation sites excluding steroid dienone is 1. The first-order valence-corrected chi connectivity index (χ1v) is 10.4. The maximum absolute atomic E-state index is 12.7. The highest BCUT2D eigenvalue weighted by atomic mass is 79.9. The molecule has 0 radical (unpaired) electrons. The first-order valence-electron chi connectivity index (χ1n) is 8.84. The highest BCUT2D eigenvalue weighted by Crippen LogP contribution is 2.36. The smallest absolute Gasteiger partial charge is 0.343 e. The van der Waals surface area contributed by atoms with Gasteiger partial charge in [0.15, 0.2) is 5.76 Å². The Kier molecular flexibility index (Phi) is 5.74. The highest BCUT2D eigenvalue weighted by Gasteiger charge is 2.28. The molecule has 0 aromatic heterocycles. The molecule has 0 atom stereocenters. The largest absolute Gasteiger partial charge is 0.496 e. The summed E-state index contributed by atoms with van der Waals surface area (Å²) in [5.74, 6) is 0.649. The van der Waals surface area contributed by atoms with Gasteiger partial charge in [0.05, 0.1) is 18.2 Å². The number of fused-ring (bicyclic) bond motifs is 1. The third kappa shape index (κ3) is 4.17. The molecule has 3 aromatic carbocycles. The van der Waals surface area contributed by atoms with Crippen molar-refractivity contribution in [3.8, 4) is 17.2 Å². The monoisotopic (exact) mass is 528 g/mol. The summed E-state index contributed by atoms with van der Waals surface area (Å²) in [6.07, 6.45) is 1.62. The van der Waals surface area contributed by atoms with Gasteiger partial charge in [-0.3, -0.25) is 4.79 Å².